The van der Waals surface area contributed by atoms with Gasteiger partial charge in [-0.3, -0.25) is 0 Å². The van der Waals surface area contributed by atoms with Crippen molar-refractivity contribution in [3.05, 3.63) is 149 Å². The van der Waals surface area contributed by atoms with Gasteiger partial charge in [0, 0.05) is 43.2 Å². The lowest BCUT2D eigenvalue weighted by Crippen LogP contribution is -2.60. The van der Waals surface area contributed by atoms with Crippen molar-refractivity contribution in [2.45, 2.75) is 183 Å². The van der Waals surface area contributed by atoms with Crippen molar-refractivity contribution < 1.29 is 0 Å². The second kappa shape index (κ2) is 20.6. The van der Waals surface area contributed by atoms with Crippen LogP contribution in [0.5, 0.6) is 0 Å². The molecule has 9 rings (SSSR count). The molecule has 70 heavy (non-hydrogen) atoms. The third-order valence-corrected chi connectivity index (χ3v) is 17.2. The third kappa shape index (κ3) is 9.44. The maximum Gasteiger partial charge on any atom is 0.264 e. The normalized spacial score (nSPS) is 14.2. The summed E-state index contributed by atoms with van der Waals surface area (Å²) in [6.07, 6.45) is 14.0. The van der Waals surface area contributed by atoms with E-state index < -0.39 is 0 Å². The minimum absolute atomic E-state index is 0.00791. The molecular weight excluding hydrogens is 864 g/mol. The molecule has 3 heterocycles. The fourth-order valence-electron chi connectivity index (χ4n) is 11.8. The summed E-state index contributed by atoms with van der Waals surface area (Å²) in [7, 11) is 0. The number of rotatable bonds is 17. The quantitative estimate of drug-likeness (QED) is 0.0840. The minimum atomic E-state index is -0.00791. The van der Waals surface area contributed by atoms with E-state index in [-0.39, 0.29) is 17.5 Å². The zero-order chi connectivity index (χ0) is 49.5. The largest absolute Gasteiger partial charge is 0.311 e. The third-order valence-electron chi connectivity index (χ3n) is 16.0. The molecule has 0 fully saturated rings. The summed E-state index contributed by atoms with van der Waals surface area (Å²) < 4.78 is 2.87. The molecule has 1 aromatic heterocycles. The number of benzene rings is 6. The molecule has 0 aliphatic carbocycles. The molecule has 0 N–H and O–H groups in total. The van der Waals surface area contributed by atoms with Crippen LogP contribution in [-0.4, -0.2) is 6.71 Å². The maximum absolute atomic E-state index is 2.76. The SMILES string of the molecule is CCCCc1ccc(N2c3cc(CCCC)cc4c3B(c3cc(C(C)(C)C)ccc3N4c3ccc(C(C)(C)C)cc3)c3sc4cc(C(CC)CCC)ccc4c32)c(-c2ccc(C(CC)CCC)cc2)c1. The van der Waals surface area contributed by atoms with Crippen LogP contribution < -0.4 is 25.5 Å². The Morgan fingerprint density at radius 2 is 1.10 bits per heavy atom. The molecule has 6 aromatic carbocycles. The molecule has 2 nitrogen and oxygen atoms in total. The first kappa shape index (κ1) is 49.9. The Balaban J connectivity index is 1.39. The van der Waals surface area contributed by atoms with Crippen LogP contribution in [0.1, 0.15) is 193 Å². The van der Waals surface area contributed by atoms with E-state index in [4.69, 9.17) is 0 Å². The topological polar surface area (TPSA) is 6.48 Å². The predicted octanol–water partition coefficient (Wildman–Crippen LogP) is 18.5. The van der Waals surface area contributed by atoms with Crippen molar-refractivity contribution in [2.75, 3.05) is 9.80 Å². The first-order chi connectivity index (χ1) is 33.7. The molecule has 0 spiro atoms. The van der Waals surface area contributed by atoms with Crippen LogP contribution in [0.15, 0.2) is 115 Å². The van der Waals surface area contributed by atoms with Gasteiger partial charge in [-0.1, -0.05) is 175 Å². The summed E-state index contributed by atoms with van der Waals surface area (Å²) in [5, 5.41) is 1.37. The highest BCUT2D eigenvalue weighted by Gasteiger charge is 2.46. The first-order valence-electron chi connectivity index (χ1n) is 27.5. The number of thiophene rings is 1. The number of unbranched alkanes of at least 4 members (excludes halogenated alkanes) is 2. The zero-order valence-corrected chi connectivity index (χ0v) is 45.8. The van der Waals surface area contributed by atoms with E-state index in [0.29, 0.717) is 11.8 Å². The lowest BCUT2D eigenvalue weighted by Gasteiger charge is -2.44. The highest BCUT2D eigenvalue weighted by Crippen LogP contribution is 2.51. The number of nitrogens with zero attached hydrogens (tertiary/aromatic N) is 2. The Bertz CT molecular complexity index is 2940. The predicted molar refractivity (Wildman–Crippen MR) is 312 cm³/mol. The lowest BCUT2D eigenvalue weighted by atomic mass is 9.36. The van der Waals surface area contributed by atoms with E-state index in [1.165, 1.54) is 149 Å². The number of hydrogen-bond donors (Lipinski definition) is 0. The summed E-state index contributed by atoms with van der Waals surface area (Å²) in [4.78, 5) is 5.40. The van der Waals surface area contributed by atoms with E-state index >= 15 is 0 Å². The van der Waals surface area contributed by atoms with Gasteiger partial charge in [0.2, 0.25) is 0 Å². The van der Waals surface area contributed by atoms with E-state index in [9.17, 15) is 0 Å². The van der Waals surface area contributed by atoms with E-state index in [1.54, 1.807) is 0 Å². The Morgan fingerprint density at radius 3 is 1.71 bits per heavy atom. The Kier molecular flexibility index (Phi) is 14.7. The van der Waals surface area contributed by atoms with Crippen molar-refractivity contribution in [1.82, 2.24) is 0 Å². The van der Waals surface area contributed by atoms with Gasteiger partial charge in [-0.05, 0) is 172 Å². The average molecular weight is 945 g/mol. The zero-order valence-electron chi connectivity index (χ0n) is 45.0. The fraction of sp³-hybridized carbons (Fsp3) is 0.424. The highest BCUT2D eigenvalue weighted by molar-refractivity contribution is 7.33. The van der Waals surface area contributed by atoms with E-state index in [2.05, 4.69) is 219 Å². The number of hydrogen-bond acceptors (Lipinski definition) is 3. The minimum Gasteiger partial charge on any atom is -0.311 e. The summed E-state index contributed by atoms with van der Waals surface area (Å²) in [5.41, 5.74) is 21.9. The van der Waals surface area contributed by atoms with Gasteiger partial charge < -0.3 is 9.80 Å². The molecule has 2 aliphatic heterocycles. The van der Waals surface area contributed by atoms with Crippen molar-refractivity contribution in [2.24, 2.45) is 0 Å². The van der Waals surface area contributed by atoms with Crippen molar-refractivity contribution in [3.63, 3.8) is 0 Å². The van der Waals surface area contributed by atoms with Gasteiger partial charge in [0.1, 0.15) is 0 Å². The standard InChI is InChI=1S/C66H81BN2S/c1-13-19-23-44-25-37-57(55(39-44)49-28-26-48(27-29-49)46(17-5)21-15-3)69-60-41-45(24-20-14-2)40-59-62(60)67(64-63(69)54-36-30-50(42-61(54)70-64)47(18-6)22-16-4)56-43-52(66(10,11)12)33-38-58(56)68(59)53-34-31-51(32-35-53)65(7,8)9/h25-43,46-47H,13-24H2,1-12H3. The smallest absolute Gasteiger partial charge is 0.264 e. The summed E-state index contributed by atoms with van der Waals surface area (Å²) in [5.74, 6) is 1.15. The van der Waals surface area contributed by atoms with Crippen LogP contribution in [0.2, 0.25) is 0 Å². The Morgan fingerprint density at radius 1 is 0.514 bits per heavy atom. The van der Waals surface area contributed by atoms with Gasteiger partial charge >= 0.3 is 0 Å². The second-order valence-corrected chi connectivity index (χ2v) is 24.1. The van der Waals surface area contributed by atoms with Gasteiger partial charge in [-0.2, -0.15) is 0 Å². The monoisotopic (exact) mass is 945 g/mol. The van der Waals surface area contributed by atoms with Crippen molar-refractivity contribution in [1.29, 1.82) is 0 Å². The summed E-state index contributed by atoms with van der Waals surface area (Å²) >= 11 is 2.06. The molecule has 7 aromatic rings. The molecule has 4 heteroatoms. The molecule has 0 bridgehead atoms. The van der Waals surface area contributed by atoms with Gasteiger partial charge in [0.25, 0.3) is 6.71 Å². The Labute approximate surface area is 428 Å². The molecule has 2 unspecified atom stereocenters. The molecule has 0 saturated carbocycles. The second-order valence-electron chi connectivity index (χ2n) is 23.0. The van der Waals surface area contributed by atoms with Gasteiger partial charge in [-0.25, -0.2) is 0 Å². The summed E-state index contributed by atoms with van der Waals surface area (Å²) in [6.45, 7) is 28.2. The van der Waals surface area contributed by atoms with Crippen LogP contribution in [0.25, 0.3) is 21.2 Å². The van der Waals surface area contributed by atoms with Crippen LogP contribution in [0.3, 0.4) is 0 Å². The van der Waals surface area contributed by atoms with Gasteiger partial charge in [0.05, 0.1) is 11.4 Å². The molecule has 364 valence electrons. The van der Waals surface area contributed by atoms with Crippen molar-refractivity contribution in [3.8, 4) is 11.1 Å². The molecule has 0 radical (unpaired) electrons. The first-order valence-corrected chi connectivity index (χ1v) is 28.4. The Hall–Kier alpha value is -5.06. The molecular formula is C66H81BN2S. The average Bonchev–Trinajstić information content (AvgIpc) is 3.73. The van der Waals surface area contributed by atoms with Crippen LogP contribution >= 0.6 is 11.3 Å². The molecule has 0 saturated heterocycles. The van der Waals surface area contributed by atoms with E-state index in [1.807, 2.05) is 0 Å². The van der Waals surface area contributed by atoms with Gasteiger partial charge in [-0.15, -0.1) is 11.3 Å². The summed E-state index contributed by atoms with van der Waals surface area (Å²) in [6, 6.07) is 47.1. The maximum atomic E-state index is 2.76. The number of anilines is 6. The van der Waals surface area contributed by atoms with Crippen LogP contribution in [0, 0.1) is 0 Å². The van der Waals surface area contributed by atoms with Crippen molar-refractivity contribution >= 4 is 78.0 Å². The number of aryl methyl sites for hydroxylation is 2. The van der Waals surface area contributed by atoms with Crippen LogP contribution in [-0.2, 0) is 23.7 Å². The van der Waals surface area contributed by atoms with Gasteiger partial charge in [0.15, 0.2) is 0 Å². The lowest BCUT2D eigenvalue weighted by molar-refractivity contribution is 0.590. The number of fused-ring (bicyclic) bond motifs is 6. The molecule has 2 atom stereocenters. The van der Waals surface area contributed by atoms with Crippen LogP contribution in [0.4, 0.5) is 34.1 Å². The molecule has 2 aliphatic rings. The molecule has 0 amide bonds. The highest BCUT2D eigenvalue weighted by atomic mass is 32.1. The van der Waals surface area contributed by atoms with E-state index in [0.717, 1.165) is 32.1 Å². The fourth-order valence-corrected chi connectivity index (χ4v) is 13.2.